The number of carbonyl (C=O) groups is 1. The molecule has 1 aliphatic rings. The number of amides is 1. The highest BCUT2D eigenvalue weighted by Crippen LogP contribution is 2.25. The van der Waals surface area contributed by atoms with E-state index in [2.05, 4.69) is 15.6 Å². The Morgan fingerprint density at radius 3 is 2.23 bits per heavy atom. The Hall–Kier alpha value is -1.90. The van der Waals surface area contributed by atoms with Crippen molar-refractivity contribution >= 4 is 11.6 Å². The van der Waals surface area contributed by atoms with Crippen molar-refractivity contribution in [1.82, 2.24) is 15.2 Å². The fourth-order valence-electron chi connectivity index (χ4n) is 2.34. The van der Waals surface area contributed by atoms with E-state index in [4.69, 9.17) is 0 Å². The van der Waals surface area contributed by atoms with Gasteiger partial charge in [0, 0.05) is 26.2 Å². The van der Waals surface area contributed by atoms with E-state index >= 15 is 0 Å². The lowest BCUT2D eigenvalue weighted by atomic mass is 10.0. The lowest BCUT2D eigenvalue weighted by molar-refractivity contribution is -0.122. The molecule has 1 aromatic heterocycles. The van der Waals surface area contributed by atoms with Crippen molar-refractivity contribution in [2.75, 3.05) is 32.0 Å². The van der Waals surface area contributed by atoms with Crippen LogP contribution in [0, 0.1) is 23.5 Å². The third kappa shape index (κ3) is 3.65. The van der Waals surface area contributed by atoms with E-state index in [-0.39, 0.29) is 18.5 Å². The summed E-state index contributed by atoms with van der Waals surface area (Å²) in [7, 11) is 1.54. The molecule has 2 N–H and O–H groups in total. The molecule has 1 aromatic rings. The normalized spacial score (nSPS) is 16.6. The van der Waals surface area contributed by atoms with Gasteiger partial charge in [-0.15, -0.1) is 0 Å². The molecule has 2 heterocycles. The smallest absolute Gasteiger partial charge is 0.253 e. The molecule has 1 fully saturated rings. The molecule has 0 bridgehead atoms. The Morgan fingerprint density at radius 1 is 1.18 bits per heavy atom. The van der Waals surface area contributed by atoms with Crippen molar-refractivity contribution in [3.05, 3.63) is 23.5 Å². The van der Waals surface area contributed by atoms with Crippen LogP contribution >= 0.6 is 0 Å². The van der Waals surface area contributed by atoms with Crippen molar-refractivity contribution < 1.29 is 22.4 Å². The van der Waals surface area contributed by atoms with Gasteiger partial charge in [0.1, 0.15) is 5.69 Å². The molecule has 0 saturated carbocycles. The topological polar surface area (TPSA) is 57.3 Å². The molecule has 9 heteroatoms. The molecule has 0 aliphatic carbocycles. The van der Waals surface area contributed by atoms with Crippen molar-refractivity contribution in [3.63, 3.8) is 0 Å². The van der Waals surface area contributed by atoms with Crippen molar-refractivity contribution in [2.24, 2.45) is 0 Å². The molecule has 22 heavy (non-hydrogen) atoms. The van der Waals surface area contributed by atoms with Crippen LogP contribution in [0.25, 0.3) is 0 Å². The predicted octanol–water partition coefficient (Wildman–Crippen LogP) is 1.26. The lowest BCUT2D eigenvalue weighted by Crippen LogP contribution is -2.43. The number of hydrogen-bond acceptors (Lipinski definition) is 4. The molecule has 0 spiro atoms. The van der Waals surface area contributed by atoms with Gasteiger partial charge < -0.3 is 10.6 Å². The lowest BCUT2D eigenvalue weighted by Gasteiger charge is -2.32. The van der Waals surface area contributed by atoms with Crippen molar-refractivity contribution in [3.8, 4) is 0 Å². The quantitative estimate of drug-likeness (QED) is 0.648. The highest BCUT2D eigenvalue weighted by atomic mass is 19.2. The first-order valence-electron chi connectivity index (χ1n) is 6.81. The maximum absolute atomic E-state index is 13.5. The summed E-state index contributed by atoms with van der Waals surface area (Å²) < 4.78 is 53.1. The summed E-state index contributed by atoms with van der Waals surface area (Å²) >= 11 is 0. The summed E-state index contributed by atoms with van der Waals surface area (Å²) in [5, 5.41) is 4.99. The van der Waals surface area contributed by atoms with E-state index in [0.717, 1.165) is 0 Å². The highest BCUT2D eigenvalue weighted by Gasteiger charge is 2.25. The third-order valence-electron chi connectivity index (χ3n) is 3.58. The highest BCUT2D eigenvalue weighted by molar-refractivity contribution is 5.77. The van der Waals surface area contributed by atoms with Crippen LogP contribution in [0.2, 0.25) is 0 Å². The number of likely N-dealkylation sites (N-methyl/N-ethyl adjacent to an activating group) is 1. The van der Waals surface area contributed by atoms with E-state index in [0.29, 0.717) is 25.9 Å². The number of carbonyl (C=O) groups excluding carboxylic acids is 1. The Morgan fingerprint density at radius 2 is 1.73 bits per heavy atom. The average molecular weight is 320 g/mol. The average Bonchev–Trinajstić information content (AvgIpc) is 2.51. The van der Waals surface area contributed by atoms with Crippen LogP contribution in [0.5, 0.6) is 0 Å². The summed E-state index contributed by atoms with van der Waals surface area (Å²) in [4.78, 5) is 15.6. The number of likely N-dealkylation sites (tertiary alicyclic amines) is 1. The predicted molar refractivity (Wildman–Crippen MR) is 71.2 cm³/mol. The number of nitrogens with one attached hydrogen (secondary N) is 2. The molecule has 122 valence electrons. The molecule has 5 nitrogen and oxygen atoms in total. The SMILES string of the molecule is CNC(=O)CN1CCC(Nc2c(F)c(F)nc(F)c2F)CC1. The minimum atomic E-state index is -1.68. The van der Waals surface area contributed by atoms with Gasteiger partial charge in [0.2, 0.25) is 17.5 Å². The Bertz CT molecular complexity index is 535. The zero-order valence-corrected chi connectivity index (χ0v) is 11.9. The summed E-state index contributed by atoms with van der Waals surface area (Å²) in [5.74, 6) is -6.56. The number of anilines is 1. The molecular formula is C13H16F4N4O. The molecular weight excluding hydrogens is 304 g/mol. The Balaban J connectivity index is 1.98. The van der Waals surface area contributed by atoms with E-state index in [9.17, 15) is 22.4 Å². The van der Waals surface area contributed by atoms with Crippen LogP contribution in [0.15, 0.2) is 0 Å². The van der Waals surface area contributed by atoms with Gasteiger partial charge in [0.15, 0.2) is 0 Å². The van der Waals surface area contributed by atoms with Crippen LogP contribution in [0.1, 0.15) is 12.8 Å². The number of piperidine rings is 1. The van der Waals surface area contributed by atoms with Gasteiger partial charge in [0.05, 0.1) is 6.54 Å². The number of rotatable bonds is 4. The monoisotopic (exact) mass is 320 g/mol. The fraction of sp³-hybridized carbons (Fsp3) is 0.538. The number of aromatic nitrogens is 1. The molecule has 2 rings (SSSR count). The summed E-state index contributed by atoms with van der Waals surface area (Å²) in [6.45, 7) is 1.30. The van der Waals surface area contributed by atoms with Crippen LogP contribution in [-0.2, 0) is 4.79 Å². The second kappa shape index (κ2) is 6.91. The maximum atomic E-state index is 13.5. The number of halogens is 4. The second-order valence-corrected chi connectivity index (χ2v) is 5.06. The molecule has 0 unspecified atom stereocenters. The molecule has 0 aromatic carbocycles. The van der Waals surface area contributed by atoms with Gasteiger partial charge in [-0.2, -0.15) is 22.5 Å². The van der Waals surface area contributed by atoms with Crippen molar-refractivity contribution in [1.29, 1.82) is 0 Å². The first-order valence-corrected chi connectivity index (χ1v) is 6.81. The first-order chi connectivity index (χ1) is 10.4. The van der Waals surface area contributed by atoms with Crippen LogP contribution in [-0.4, -0.2) is 48.5 Å². The Kier molecular flexibility index (Phi) is 5.17. The number of hydrogen-bond donors (Lipinski definition) is 2. The fourth-order valence-corrected chi connectivity index (χ4v) is 2.34. The standard InChI is InChI=1S/C13H16F4N4O/c1-18-8(22)6-21-4-2-7(3-5-21)19-11-9(14)12(16)20-13(17)10(11)15/h7H,2-6H2,1H3,(H,18,22)(H,19,20). The summed E-state index contributed by atoms with van der Waals surface area (Å²) in [6, 6.07) is -0.342. The molecule has 0 atom stereocenters. The van der Waals surface area contributed by atoms with Gasteiger partial charge in [0.25, 0.3) is 11.9 Å². The number of pyridine rings is 1. The van der Waals surface area contributed by atoms with E-state index in [1.54, 1.807) is 0 Å². The van der Waals surface area contributed by atoms with Crippen LogP contribution in [0.3, 0.4) is 0 Å². The van der Waals surface area contributed by atoms with Gasteiger partial charge in [-0.3, -0.25) is 9.69 Å². The maximum Gasteiger partial charge on any atom is 0.253 e. The second-order valence-electron chi connectivity index (χ2n) is 5.06. The molecule has 1 saturated heterocycles. The molecule has 1 amide bonds. The molecule has 0 radical (unpaired) electrons. The first kappa shape index (κ1) is 16.5. The van der Waals surface area contributed by atoms with E-state index in [1.807, 2.05) is 4.90 Å². The Labute approximate surface area is 124 Å². The van der Waals surface area contributed by atoms with E-state index < -0.39 is 29.2 Å². The minimum absolute atomic E-state index is 0.123. The van der Waals surface area contributed by atoms with Gasteiger partial charge in [-0.05, 0) is 12.8 Å². The van der Waals surface area contributed by atoms with Crippen LogP contribution in [0.4, 0.5) is 23.2 Å². The minimum Gasteiger partial charge on any atom is -0.377 e. The van der Waals surface area contributed by atoms with E-state index in [1.165, 1.54) is 7.05 Å². The zero-order chi connectivity index (χ0) is 16.3. The third-order valence-corrected chi connectivity index (χ3v) is 3.58. The summed E-state index contributed by atoms with van der Waals surface area (Å²) in [6.07, 6.45) is 0.975. The van der Waals surface area contributed by atoms with Gasteiger partial charge >= 0.3 is 0 Å². The van der Waals surface area contributed by atoms with Gasteiger partial charge in [-0.1, -0.05) is 0 Å². The molecule has 1 aliphatic heterocycles. The van der Waals surface area contributed by atoms with Crippen molar-refractivity contribution in [2.45, 2.75) is 18.9 Å². The zero-order valence-electron chi connectivity index (χ0n) is 11.9. The largest absolute Gasteiger partial charge is 0.377 e. The van der Waals surface area contributed by atoms with Gasteiger partial charge in [-0.25, -0.2) is 0 Å². The van der Waals surface area contributed by atoms with Crippen LogP contribution < -0.4 is 10.6 Å². The number of nitrogens with zero attached hydrogens (tertiary/aromatic N) is 2. The summed E-state index contributed by atoms with van der Waals surface area (Å²) in [5.41, 5.74) is -0.838.